The molecule has 148 valence electrons. The van der Waals surface area contributed by atoms with E-state index in [2.05, 4.69) is 20.4 Å². The van der Waals surface area contributed by atoms with Crippen molar-refractivity contribution < 1.29 is 18.5 Å². The lowest BCUT2D eigenvalue weighted by Gasteiger charge is -2.26. The minimum absolute atomic E-state index is 0.00324. The Hall–Kier alpha value is -2.69. The van der Waals surface area contributed by atoms with E-state index < -0.39 is 11.7 Å². The van der Waals surface area contributed by atoms with Gasteiger partial charge in [-0.25, -0.2) is 4.79 Å². The number of fused-ring (bicyclic) bond motifs is 1. The second-order valence-corrected chi connectivity index (χ2v) is 6.73. The zero-order valence-corrected chi connectivity index (χ0v) is 15.6. The molecule has 1 N–H and O–H groups in total. The van der Waals surface area contributed by atoms with Gasteiger partial charge in [-0.3, -0.25) is 14.3 Å². The standard InChI is InChI=1S/C17H18ClN5O5/c18-11-1-2-13-12(9-11)23(17(25)27-13)10-14-20-16(28-21-14)15(24)19-3-4-22-5-7-26-8-6-22/h1-2,9H,3-8,10H2,(H,19,24). The average Bonchev–Trinajstić information content (AvgIpc) is 3.28. The van der Waals surface area contributed by atoms with E-state index in [-0.39, 0.29) is 18.3 Å². The van der Waals surface area contributed by atoms with Gasteiger partial charge in [-0.15, -0.1) is 0 Å². The summed E-state index contributed by atoms with van der Waals surface area (Å²) in [7, 11) is 0. The molecule has 3 heterocycles. The van der Waals surface area contributed by atoms with Crippen molar-refractivity contribution in [3.63, 3.8) is 0 Å². The number of hydrogen-bond acceptors (Lipinski definition) is 8. The predicted octanol–water partition coefficient (Wildman–Crippen LogP) is 0.741. The van der Waals surface area contributed by atoms with Crippen molar-refractivity contribution >= 4 is 28.6 Å². The maximum absolute atomic E-state index is 12.2. The summed E-state index contributed by atoms with van der Waals surface area (Å²) in [4.78, 5) is 30.5. The minimum Gasteiger partial charge on any atom is -0.408 e. The Labute approximate surface area is 164 Å². The summed E-state index contributed by atoms with van der Waals surface area (Å²) >= 11 is 5.98. The van der Waals surface area contributed by atoms with E-state index in [9.17, 15) is 9.59 Å². The number of hydrogen-bond donors (Lipinski definition) is 1. The van der Waals surface area contributed by atoms with E-state index in [1.54, 1.807) is 18.2 Å². The van der Waals surface area contributed by atoms with Gasteiger partial charge in [0.2, 0.25) is 0 Å². The molecule has 1 amide bonds. The molecule has 28 heavy (non-hydrogen) atoms. The Morgan fingerprint density at radius 3 is 2.93 bits per heavy atom. The number of amides is 1. The number of carbonyl (C=O) groups excluding carboxylic acids is 1. The summed E-state index contributed by atoms with van der Waals surface area (Å²) in [5, 5.41) is 6.98. The van der Waals surface area contributed by atoms with E-state index >= 15 is 0 Å². The lowest BCUT2D eigenvalue weighted by molar-refractivity contribution is 0.0382. The molecule has 0 unspecified atom stereocenters. The molecule has 0 atom stereocenters. The summed E-state index contributed by atoms with van der Waals surface area (Å²) in [6.07, 6.45) is 0. The van der Waals surface area contributed by atoms with Crippen LogP contribution >= 0.6 is 11.6 Å². The van der Waals surface area contributed by atoms with Gasteiger partial charge in [0.1, 0.15) is 0 Å². The van der Waals surface area contributed by atoms with Crippen molar-refractivity contribution in [2.45, 2.75) is 6.54 Å². The number of oxazole rings is 1. The van der Waals surface area contributed by atoms with Crippen LogP contribution < -0.4 is 11.1 Å². The monoisotopic (exact) mass is 407 g/mol. The first kappa shape index (κ1) is 18.7. The van der Waals surface area contributed by atoms with Gasteiger partial charge in [0.25, 0.3) is 0 Å². The van der Waals surface area contributed by atoms with Crippen LogP contribution in [0.2, 0.25) is 5.02 Å². The zero-order valence-electron chi connectivity index (χ0n) is 14.9. The first-order valence-corrected chi connectivity index (χ1v) is 9.18. The molecule has 11 heteroatoms. The smallest absolute Gasteiger partial charge is 0.408 e. The van der Waals surface area contributed by atoms with Gasteiger partial charge in [0.05, 0.1) is 25.3 Å². The molecule has 1 aliphatic rings. The molecule has 0 radical (unpaired) electrons. The first-order chi connectivity index (χ1) is 13.6. The zero-order chi connectivity index (χ0) is 19.5. The van der Waals surface area contributed by atoms with Crippen LogP contribution in [0, 0.1) is 0 Å². The van der Waals surface area contributed by atoms with Gasteiger partial charge in [-0.05, 0) is 18.2 Å². The molecule has 1 saturated heterocycles. The van der Waals surface area contributed by atoms with E-state index in [0.29, 0.717) is 42.4 Å². The molecule has 0 aliphatic carbocycles. The normalized spacial score (nSPS) is 15.2. The molecule has 3 aromatic rings. The number of ether oxygens (including phenoxy) is 1. The average molecular weight is 408 g/mol. The Morgan fingerprint density at radius 1 is 1.29 bits per heavy atom. The third kappa shape index (κ3) is 4.08. The predicted molar refractivity (Wildman–Crippen MR) is 98.5 cm³/mol. The van der Waals surface area contributed by atoms with Gasteiger partial charge in [0.15, 0.2) is 11.4 Å². The highest BCUT2D eigenvalue weighted by Crippen LogP contribution is 2.19. The van der Waals surface area contributed by atoms with Crippen LogP contribution in [0.3, 0.4) is 0 Å². The third-order valence-electron chi connectivity index (χ3n) is 4.41. The molecule has 0 saturated carbocycles. The van der Waals surface area contributed by atoms with Crippen LogP contribution in [0.15, 0.2) is 31.9 Å². The van der Waals surface area contributed by atoms with Crippen molar-refractivity contribution in [3.8, 4) is 0 Å². The molecule has 4 rings (SSSR count). The van der Waals surface area contributed by atoms with Crippen molar-refractivity contribution in [2.24, 2.45) is 0 Å². The number of nitrogens with zero attached hydrogens (tertiary/aromatic N) is 4. The summed E-state index contributed by atoms with van der Waals surface area (Å²) in [6, 6.07) is 4.85. The van der Waals surface area contributed by atoms with Gasteiger partial charge in [-0.2, -0.15) is 4.98 Å². The van der Waals surface area contributed by atoms with Gasteiger partial charge in [-0.1, -0.05) is 16.8 Å². The molecular formula is C17H18ClN5O5. The Balaban J connectivity index is 1.39. The molecule has 10 nitrogen and oxygen atoms in total. The molecule has 0 spiro atoms. The highest BCUT2D eigenvalue weighted by atomic mass is 35.5. The van der Waals surface area contributed by atoms with Crippen LogP contribution in [-0.2, 0) is 11.3 Å². The second-order valence-electron chi connectivity index (χ2n) is 6.29. The summed E-state index contributed by atoms with van der Waals surface area (Å²) in [5.41, 5.74) is 0.915. The van der Waals surface area contributed by atoms with Crippen LogP contribution in [-0.4, -0.2) is 64.9 Å². The van der Waals surface area contributed by atoms with Crippen molar-refractivity contribution in [3.05, 3.63) is 45.5 Å². The van der Waals surface area contributed by atoms with E-state index in [1.165, 1.54) is 4.57 Å². The minimum atomic E-state index is -0.571. The number of benzene rings is 1. The second kappa shape index (κ2) is 8.13. The van der Waals surface area contributed by atoms with Crippen LogP contribution in [0.4, 0.5) is 0 Å². The topological polar surface area (TPSA) is 116 Å². The molecule has 0 bridgehead atoms. The van der Waals surface area contributed by atoms with Crippen LogP contribution in [0.1, 0.15) is 16.5 Å². The molecule has 1 aliphatic heterocycles. The molecule has 1 aromatic carbocycles. The summed E-state index contributed by atoms with van der Waals surface area (Å²) < 4.78 is 16.8. The largest absolute Gasteiger partial charge is 0.420 e. The highest BCUT2D eigenvalue weighted by molar-refractivity contribution is 6.31. The summed E-state index contributed by atoms with van der Waals surface area (Å²) in [6.45, 7) is 4.27. The number of aromatic nitrogens is 3. The number of halogens is 1. The van der Waals surface area contributed by atoms with E-state index in [4.69, 9.17) is 25.3 Å². The maximum Gasteiger partial charge on any atom is 0.420 e. The lowest BCUT2D eigenvalue weighted by atomic mass is 10.3. The van der Waals surface area contributed by atoms with E-state index in [1.807, 2.05) is 0 Å². The van der Waals surface area contributed by atoms with Crippen molar-refractivity contribution in [1.82, 2.24) is 24.9 Å². The van der Waals surface area contributed by atoms with Gasteiger partial charge < -0.3 is 19.0 Å². The fraction of sp³-hybridized carbons (Fsp3) is 0.412. The quantitative estimate of drug-likeness (QED) is 0.636. The summed E-state index contributed by atoms with van der Waals surface area (Å²) in [5.74, 6) is -1.00. The Morgan fingerprint density at radius 2 is 2.11 bits per heavy atom. The fourth-order valence-electron chi connectivity index (χ4n) is 2.96. The lowest BCUT2D eigenvalue weighted by Crippen LogP contribution is -2.41. The van der Waals surface area contributed by atoms with E-state index in [0.717, 1.165) is 13.1 Å². The Bertz CT molecular complexity index is 1040. The van der Waals surface area contributed by atoms with Crippen molar-refractivity contribution in [2.75, 3.05) is 39.4 Å². The van der Waals surface area contributed by atoms with Gasteiger partial charge >= 0.3 is 17.6 Å². The number of carbonyl (C=O) groups is 1. The molecular weight excluding hydrogens is 390 g/mol. The van der Waals surface area contributed by atoms with Gasteiger partial charge in [0, 0.05) is 31.2 Å². The number of nitrogens with one attached hydrogen (secondary N) is 1. The first-order valence-electron chi connectivity index (χ1n) is 8.80. The molecule has 2 aromatic heterocycles. The van der Waals surface area contributed by atoms with Crippen molar-refractivity contribution in [1.29, 1.82) is 0 Å². The number of morpholine rings is 1. The number of rotatable bonds is 6. The SMILES string of the molecule is O=C(NCCN1CCOCC1)c1nc(Cn2c(=O)oc3ccc(Cl)cc32)no1. The molecule has 1 fully saturated rings. The van der Waals surface area contributed by atoms with Crippen LogP contribution in [0.5, 0.6) is 0 Å². The highest BCUT2D eigenvalue weighted by Gasteiger charge is 2.18. The fourth-order valence-corrected chi connectivity index (χ4v) is 3.13. The maximum atomic E-state index is 12.2. The Kier molecular flexibility index (Phi) is 5.42. The third-order valence-corrected chi connectivity index (χ3v) is 4.64. The van der Waals surface area contributed by atoms with Crippen LogP contribution in [0.25, 0.3) is 11.1 Å².